The second-order valence-electron chi connectivity index (χ2n) is 7.05. The molecule has 1 amide bonds. The third kappa shape index (κ3) is 6.08. The quantitative estimate of drug-likeness (QED) is 0.816. The average Bonchev–Trinajstić information content (AvgIpc) is 2.68. The van der Waals surface area contributed by atoms with Gasteiger partial charge in [-0.2, -0.15) is 0 Å². The van der Waals surface area contributed by atoms with Gasteiger partial charge in [-0.1, -0.05) is 36.4 Å². The zero-order valence-electron chi connectivity index (χ0n) is 16.1. The SMILES string of the molecule is Cc1ccc(OCC(=O)NCC2CN(Cc3ccccc3)CCO2)cc1C. The molecular weight excluding hydrogens is 340 g/mol. The zero-order valence-corrected chi connectivity index (χ0v) is 16.1. The number of hydrogen-bond acceptors (Lipinski definition) is 4. The van der Waals surface area contributed by atoms with Gasteiger partial charge in [0.05, 0.1) is 12.7 Å². The lowest BCUT2D eigenvalue weighted by Crippen LogP contribution is -2.47. The number of carbonyl (C=O) groups is 1. The van der Waals surface area contributed by atoms with Crippen molar-refractivity contribution in [3.8, 4) is 5.75 Å². The molecule has 2 aromatic carbocycles. The van der Waals surface area contributed by atoms with Gasteiger partial charge in [0, 0.05) is 26.2 Å². The van der Waals surface area contributed by atoms with Crippen molar-refractivity contribution >= 4 is 5.91 Å². The average molecular weight is 368 g/mol. The first-order valence-electron chi connectivity index (χ1n) is 9.45. The second-order valence-corrected chi connectivity index (χ2v) is 7.05. The molecule has 0 aromatic heterocycles. The van der Waals surface area contributed by atoms with Crippen LogP contribution in [-0.2, 0) is 16.1 Å². The molecule has 1 saturated heterocycles. The number of hydrogen-bond donors (Lipinski definition) is 1. The number of benzene rings is 2. The van der Waals surface area contributed by atoms with Crippen LogP contribution in [0.4, 0.5) is 0 Å². The lowest BCUT2D eigenvalue weighted by molar-refractivity contribution is -0.124. The van der Waals surface area contributed by atoms with Gasteiger partial charge in [0.25, 0.3) is 5.91 Å². The number of nitrogens with zero attached hydrogens (tertiary/aromatic N) is 1. The van der Waals surface area contributed by atoms with Crippen molar-refractivity contribution in [3.05, 3.63) is 65.2 Å². The van der Waals surface area contributed by atoms with E-state index in [1.54, 1.807) is 0 Å². The minimum atomic E-state index is -0.128. The second kappa shape index (κ2) is 9.53. The monoisotopic (exact) mass is 368 g/mol. The van der Waals surface area contributed by atoms with Crippen LogP contribution in [0, 0.1) is 13.8 Å². The number of carbonyl (C=O) groups excluding carboxylic acids is 1. The van der Waals surface area contributed by atoms with E-state index in [-0.39, 0.29) is 18.6 Å². The van der Waals surface area contributed by atoms with Gasteiger partial charge in [-0.3, -0.25) is 9.69 Å². The zero-order chi connectivity index (χ0) is 19.1. The fraction of sp³-hybridized carbons (Fsp3) is 0.409. The van der Waals surface area contributed by atoms with Gasteiger partial charge in [-0.25, -0.2) is 0 Å². The summed E-state index contributed by atoms with van der Waals surface area (Å²) in [6.45, 7) is 7.92. The van der Waals surface area contributed by atoms with Crippen LogP contribution in [0.2, 0.25) is 0 Å². The summed E-state index contributed by atoms with van der Waals surface area (Å²) < 4.78 is 11.4. The van der Waals surface area contributed by atoms with Gasteiger partial charge in [-0.15, -0.1) is 0 Å². The molecule has 0 aliphatic carbocycles. The Labute approximate surface area is 161 Å². The highest BCUT2D eigenvalue weighted by Crippen LogP contribution is 2.16. The molecule has 2 aromatic rings. The van der Waals surface area contributed by atoms with E-state index in [1.165, 1.54) is 11.1 Å². The largest absolute Gasteiger partial charge is 0.484 e. The molecule has 0 saturated carbocycles. The van der Waals surface area contributed by atoms with Crippen LogP contribution < -0.4 is 10.1 Å². The van der Waals surface area contributed by atoms with E-state index in [9.17, 15) is 4.79 Å². The minimum absolute atomic E-state index is 0.00744. The van der Waals surface area contributed by atoms with Gasteiger partial charge < -0.3 is 14.8 Å². The van der Waals surface area contributed by atoms with Crippen LogP contribution in [0.5, 0.6) is 5.75 Å². The topological polar surface area (TPSA) is 50.8 Å². The molecule has 1 unspecified atom stereocenters. The number of aryl methyl sites for hydroxylation is 2. The molecule has 1 atom stereocenters. The molecule has 1 aliphatic rings. The highest BCUT2D eigenvalue weighted by Gasteiger charge is 2.21. The van der Waals surface area contributed by atoms with Crippen molar-refractivity contribution in [2.75, 3.05) is 32.8 Å². The normalized spacial score (nSPS) is 17.5. The van der Waals surface area contributed by atoms with Crippen molar-refractivity contribution < 1.29 is 14.3 Å². The molecule has 144 valence electrons. The van der Waals surface area contributed by atoms with E-state index >= 15 is 0 Å². The molecule has 1 aliphatic heterocycles. The van der Waals surface area contributed by atoms with Crippen LogP contribution in [0.3, 0.4) is 0 Å². The van der Waals surface area contributed by atoms with Gasteiger partial charge in [0.15, 0.2) is 6.61 Å². The maximum Gasteiger partial charge on any atom is 0.258 e. The molecule has 3 rings (SSSR count). The van der Waals surface area contributed by atoms with Crippen LogP contribution >= 0.6 is 0 Å². The Balaban J connectivity index is 1.39. The predicted octanol–water partition coefficient (Wildman–Crippen LogP) is 2.70. The minimum Gasteiger partial charge on any atom is -0.484 e. The number of nitrogens with one attached hydrogen (secondary N) is 1. The number of rotatable bonds is 7. The molecule has 0 spiro atoms. The molecule has 0 radical (unpaired) electrons. The van der Waals surface area contributed by atoms with Gasteiger partial charge in [0.2, 0.25) is 0 Å². The molecule has 27 heavy (non-hydrogen) atoms. The fourth-order valence-electron chi connectivity index (χ4n) is 3.12. The van der Waals surface area contributed by atoms with Crippen molar-refractivity contribution in [2.24, 2.45) is 0 Å². The summed E-state index contributed by atoms with van der Waals surface area (Å²) in [5, 5.41) is 2.92. The number of morpholine rings is 1. The summed E-state index contributed by atoms with van der Waals surface area (Å²) in [7, 11) is 0. The lowest BCUT2D eigenvalue weighted by atomic mass is 10.1. The summed E-state index contributed by atoms with van der Waals surface area (Å²) in [5.74, 6) is 0.591. The molecule has 1 N–H and O–H groups in total. The summed E-state index contributed by atoms with van der Waals surface area (Å²) >= 11 is 0. The van der Waals surface area contributed by atoms with Gasteiger partial charge >= 0.3 is 0 Å². The highest BCUT2D eigenvalue weighted by molar-refractivity contribution is 5.77. The van der Waals surface area contributed by atoms with E-state index in [2.05, 4.69) is 41.4 Å². The van der Waals surface area contributed by atoms with Crippen LogP contribution in [0.1, 0.15) is 16.7 Å². The third-order valence-electron chi connectivity index (χ3n) is 4.85. The molecule has 5 nitrogen and oxygen atoms in total. The first-order chi connectivity index (χ1) is 13.1. The molecule has 1 fully saturated rings. The first kappa shape index (κ1) is 19.4. The Hall–Kier alpha value is -2.37. The van der Waals surface area contributed by atoms with Crippen molar-refractivity contribution in [3.63, 3.8) is 0 Å². The maximum atomic E-state index is 12.1. The summed E-state index contributed by atoms with van der Waals surface area (Å²) in [5.41, 5.74) is 3.66. The maximum absolute atomic E-state index is 12.1. The Kier molecular flexibility index (Phi) is 6.85. The Morgan fingerprint density at radius 3 is 2.78 bits per heavy atom. The Morgan fingerprint density at radius 2 is 2.00 bits per heavy atom. The highest BCUT2D eigenvalue weighted by atomic mass is 16.5. The third-order valence-corrected chi connectivity index (χ3v) is 4.85. The first-order valence-corrected chi connectivity index (χ1v) is 9.45. The van der Waals surface area contributed by atoms with Gasteiger partial charge in [0.1, 0.15) is 5.75 Å². The Morgan fingerprint density at radius 1 is 1.19 bits per heavy atom. The molecular formula is C22H28N2O3. The van der Waals surface area contributed by atoms with E-state index < -0.39 is 0 Å². The van der Waals surface area contributed by atoms with Crippen molar-refractivity contribution in [2.45, 2.75) is 26.5 Å². The van der Waals surface area contributed by atoms with Crippen molar-refractivity contribution in [1.82, 2.24) is 10.2 Å². The molecule has 1 heterocycles. The summed E-state index contributed by atoms with van der Waals surface area (Å²) in [6.07, 6.45) is 0.00744. The fourth-order valence-corrected chi connectivity index (χ4v) is 3.12. The number of amides is 1. The predicted molar refractivity (Wildman–Crippen MR) is 106 cm³/mol. The summed E-state index contributed by atoms with van der Waals surface area (Å²) in [6, 6.07) is 16.3. The van der Waals surface area contributed by atoms with Crippen LogP contribution in [0.25, 0.3) is 0 Å². The summed E-state index contributed by atoms with van der Waals surface area (Å²) in [4.78, 5) is 14.4. The van der Waals surface area contributed by atoms with E-state index in [0.717, 1.165) is 30.9 Å². The molecule has 5 heteroatoms. The standard InChI is InChI=1S/C22H28N2O3/c1-17-8-9-20(12-18(17)2)27-16-22(25)23-13-21-15-24(10-11-26-21)14-19-6-4-3-5-7-19/h3-9,12,21H,10-11,13-16H2,1-2H3,(H,23,25). The molecule has 0 bridgehead atoms. The van der Waals surface area contributed by atoms with Crippen LogP contribution in [0.15, 0.2) is 48.5 Å². The Bertz CT molecular complexity index is 748. The van der Waals surface area contributed by atoms with Crippen LogP contribution in [-0.4, -0.2) is 49.8 Å². The van der Waals surface area contributed by atoms with Gasteiger partial charge in [-0.05, 0) is 42.7 Å². The van der Waals surface area contributed by atoms with E-state index in [4.69, 9.17) is 9.47 Å². The van der Waals surface area contributed by atoms with E-state index in [0.29, 0.717) is 13.2 Å². The van der Waals surface area contributed by atoms with E-state index in [1.807, 2.05) is 31.2 Å². The smallest absolute Gasteiger partial charge is 0.258 e. The number of ether oxygens (including phenoxy) is 2. The van der Waals surface area contributed by atoms with Crippen molar-refractivity contribution in [1.29, 1.82) is 0 Å². The lowest BCUT2D eigenvalue weighted by Gasteiger charge is -2.33.